The molecule has 1 unspecified atom stereocenters. The van der Waals surface area contributed by atoms with Gasteiger partial charge in [-0.25, -0.2) is 9.78 Å². The predicted octanol–water partition coefficient (Wildman–Crippen LogP) is 2.68. The van der Waals surface area contributed by atoms with Crippen molar-refractivity contribution in [2.45, 2.75) is 20.0 Å². The van der Waals surface area contributed by atoms with Crippen LogP contribution in [-0.2, 0) is 4.74 Å². The second-order valence-corrected chi connectivity index (χ2v) is 6.51. The molecule has 0 spiro atoms. The van der Waals surface area contributed by atoms with E-state index in [4.69, 9.17) is 19.3 Å². The number of rotatable bonds is 10. The van der Waals surface area contributed by atoms with Gasteiger partial charge in [0.2, 0.25) is 5.88 Å². The van der Waals surface area contributed by atoms with E-state index in [9.17, 15) is 9.90 Å². The number of aliphatic hydroxyl groups is 2. The summed E-state index contributed by atoms with van der Waals surface area (Å²) in [6.07, 6.45) is 0.511. The van der Waals surface area contributed by atoms with Crippen molar-refractivity contribution in [2.24, 2.45) is 0 Å². The van der Waals surface area contributed by atoms with Gasteiger partial charge in [0, 0.05) is 18.0 Å². The average Bonchev–Trinajstić information content (AvgIpc) is 2.79. The molecule has 31 heavy (non-hydrogen) atoms. The van der Waals surface area contributed by atoms with Gasteiger partial charge in [-0.3, -0.25) is 4.98 Å². The molecule has 0 radical (unpaired) electrons. The van der Waals surface area contributed by atoms with Crippen molar-refractivity contribution in [3.05, 3.63) is 48.2 Å². The fraction of sp³-hybridized carbons (Fsp3) is 0.318. The van der Waals surface area contributed by atoms with Gasteiger partial charge in [0.05, 0.1) is 31.0 Å². The number of nitrogens with one attached hydrogen (secondary N) is 1. The van der Waals surface area contributed by atoms with Crippen LogP contribution in [0.2, 0.25) is 0 Å². The SMILES string of the molecule is CCOC(=O)c1cnc2ccc(OCC)nc2c1Nc1ccc(OCC(O)CO)cc1. The molecule has 0 fully saturated rings. The molecule has 164 valence electrons. The maximum absolute atomic E-state index is 12.5. The molecule has 0 aliphatic carbocycles. The smallest absolute Gasteiger partial charge is 0.341 e. The Hall–Kier alpha value is -3.43. The summed E-state index contributed by atoms with van der Waals surface area (Å²) < 4.78 is 16.1. The molecule has 1 atom stereocenters. The Morgan fingerprint density at radius 1 is 1.10 bits per heavy atom. The number of pyridine rings is 2. The highest BCUT2D eigenvalue weighted by molar-refractivity contribution is 6.04. The maximum Gasteiger partial charge on any atom is 0.341 e. The van der Waals surface area contributed by atoms with Crippen LogP contribution >= 0.6 is 0 Å². The first kappa shape index (κ1) is 22.3. The van der Waals surface area contributed by atoms with E-state index in [-0.39, 0.29) is 25.4 Å². The topological polar surface area (TPSA) is 123 Å². The average molecular weight is 427 g/mol. The fourth-order valence-corrected chi connectivity index (χ4v) is 2.79. The van der Waals surface area contributed by atoms with Crippen molar-refractivity contribution in [3.8, 4) is 11.6 Å². The minimum atomic E-state index is -0.946. The third kappa shape index (κ3) is 5.59. The first-order valence-corrected chi connectivity index (χ1v) is 9.94. The fourth-order valence-electron chi connectivity index (χ4n) is 2.79. The van der Waals surface area contributed by atoms with E-state index in [1.54, 1.807) is 43.3 Å². The van der Waals surface area contributed by atoms with Gasteiger partial charge in [-0.2, -0.15) is 0 Å². The molecule has 9 heteroatoms. The molecule has 1 aromatic carbocycles. The molecule has 3 N–H and O–H groups in total. The van der Waals surface area contributed by atoms with E-state index in [1.807, 2.05) is 6.92 Å². The van der Waals surface area contributed by atoms with Crippen LogP contribution in [0, 0.1) is 0 Å². The lowest BCUT2D eigenvalue weighted by Gasteiger charge is -2.15. The first-order valence-electron chi connectivity index (χ1n) is 9.94. The molecule has 0 bridgehead atoms. The van der Waals surface area contributed by atoms with Gasteiger partial charge in [-0.05, 0) is 44.2 Å². The predicted molar refractivity (Wildman–Crippen MR) is 115 cm³/mol. The van der Waals surface area contributed by atoms with E-state index >= 15 is 0 Å². The minimum absolute atomic E-state index is 0.0185. The van der Waals surface area contributed by atoms with Gasteiger partial charge in [0.15, 0.2) is 0 Å². The van der Waals surface area contributed by atoms with Gasteiger partial charge < -0.3 is 29.7 Å². The van der Waals surface area contributed by atoms with Crippen molar-refractivity contribution < 1.29 is 29.2 Å². The molecule has 2 aromatic heterocycles. The highest BCUT2D eigenvalue weighted by Crippen LogP contribution is 2.30. The lowest BCUT2D eigenvalue weighted by molar-refractivity contribution is 0.0527. The highest BCUT2D eigenvalue weighted by atomic mass is 16.5. The second-order valence-electron chi connectivity index (χ2n) is 6.51. The van der Waals surface area contributed by atoms with Gasteiger partial charge in [-0.15, -0.1) is 0 Å². The molecule has 0 saturated carbocycles. The number of esters is 1. The van der Waals surface area contributed by atoms with E-state index in [0.29, 0.717) is 40.6 Å². The van der Waals surface area contributed by atoms with Gasteiger partial charge in [0.25, 0.3) is 0 Å². The Bertz CT molecular complexity index is 1030. The van der Waals surface area contributed by atoms with Crippen molar-refractivity contribution in [2.75, 3.05) is 31.7 Å². The third-order valence-electron chi connectivity index (χ3n) is 4.25. The quantitative estimate of drug-likeness (QED) is 0.419. The van der Waals surface area contributed by atoms with Crippen LogP contribution in [0.3, 0.4) is 0 Å². The molecule has 3 aromatic rings. The van der Waals surface area contributed by atoms with Crippen molar-refractivity contribution in [1.29, 1.82) is 0 Å². The summed E-state index contributed by atoms with van der Waals surface area (Å²) in [6, 6.07) is 10.4. The van der Waals surface area contributed by atoms with Crippen LogP contribution < -0.4 is 14.8 Å². The first-order chi connectivity index (χ1) is 15.0. The van der Waals surface area contributed by atoms with Crippen LogP contribution in [0.1, 0.15) is 24.2 Å². The Morgan fingerprint density at radius 2 is 1.87 bits per heavy atom. The lowest BCUT2D eigenvalue weighted by Crippen LogP contribution is -2.21. The van der Waals surface area contributed by atoms with E-state index < -0.39 is 12.1 Å². The molecule has 2 heterocycles. The Balaban J connectivity index is 1.95. The summed E-state index contributed by atoms with van der Waals surface area (Å²) in [6.45, 7) is 3.89. The Labute approximate surface area is 179 Å². The summed E-state index contributed by atoms with van der Waals surface area (Å²) in [7, 11) is 0. The van der Waals surface area contributed by atoms with E-state index in [0.717, 1.165) is 0 Å². The van der Waals surface area contributed by atoms with Crippen LogP contribution in [0.25, 0.3) is 11.0 Å². The number of carbonyl (C=O) groups excluding carboxylic acids is 1. The molecule has 0 aliphatic rings. The second kappa shape index (κ2) is 10.6. The minimum Gasteiger partial charge on any atom is -0.491 e. The largest absolute Gasteiger partial charge is 0.491 e. The highest BCUT2D eigenvalue weighted by Gasteiger charge is 2.19. The third-order valence-corrected chi connectivity index (χ3v) is 4.25. The number of aromatic nitrogens is 2. The number of ether oxygens (including phenoxy) is 3. The van der Waals surface area contributed by atoms with Gasteiger partial charge in [-0.1, -0.05) is 0 Å². The lowest BCUT2D eigenvalue weighted by atomic mass is 10.1. The zero-order chi connectivity index (χ0) is 22.2. The van der Waals surface area contributed by atoms with Crippen LogP contribution in [0.15, 0.2) is 42.6 Å². The standard InChI is InChI=1S/C22H25N3O6/c1-3-29-19-10-9-18-21(25-19)20(17(11-23-18)22(28)30-4-2)24-14-5-7-16(8-6-14)31-13-15(27)12-26/h5-11,15,26-27H,3-4,12-13H2,1-2H3,(H,23,24). The van der Waals surface area contributed by atoms with Crippen molar-refractivity contribution in [1.82, 2.24) is 9.97 Å². The number of benzene rings is 1. The van der Waals surface area contributed by atoms with Crippen molar-refractivity contribution >= 4 is 28.4 Å². The number of anilines is 2. The van der Waals surface area contributed by atoms with E-state index in [1.165, 1.54) is 6.20 Å². The van der Waals surface area contributed by atoms with E-state index in [2.05, 4.69) is 15.3 Å². The maximum atomic E-state index is 12.5. The van der Waals surface area contributed by atoms with Gasteiger partial charge >= 0.3 is 5.97 Å². The monoisotopic (exact) mass is 427 g/mol. The number of fused-ring (bicyclic) bond motifs is 1. The molecule has 0 amide bonds. The molecule has 0 saturated heterocycles. The van der Waals surface area contributed by atoms with Crippen LogP contribution in [0.5, 0.6) is 11.6 Å². The molecular formula is C22H25N3O6. The number of aliphatic hydroxyl groups excluding tert-OH is 2. The zero-order valence-electron chi connectivity index (χ0n) is 17.4. The molecule has 0 aliphatic heterocycles. The number of hydrogen-bond acceptors (Lipinski definition) is 9. The number of hydrogen-bond donors (Lipinski definition) is 3. The van der Waals surface area contributed by atoms with Crippen LogP contribution in [0.4, 0.5) is 11.4 Å². The summed E-state index contributed by atoms with van der Waals surface area (Å²) in [5, 5.41) is 21.5. The zero-order valence-corrected chi connectivity index (χ0v) is 17.4. The Kier molecular flexibility index (Phi) is 7.58. The molecule has 3 rings (SSSR count). The Morgan fingerprint density at radius 3 is 2.55 bits per heavy atom. The molecular weight excluding hydrogens is 402 g/mol. The summed E-state index contributed by atoms with van der Waals surface area (Å²) in [4.78, 5) is 21.4. The number of nitrogens with zero attached hydrogens (tertiary/aromatic N) is 2. The summed E-state index contributed by atoms with van der Waals surface area (Å²) in [5.41, 5.74) is 2.45. The molecule has 9 nitrogen and oxygen atoms in total. The van der Waals surface area contributed by atoms with Crippen molar-refractivity contribution in [3.63, 3.8) is 0 Å². The summed E-state index contributed by atoms with van der Waals surface area (Å²) >= 11 is 0. The van der Waals surface area contributed by atoms with Crippen LogP contribution in [-0.4, -0.2) is 58.7 Å². The number of carbonyl (C=O) groups is 1. The normalized spacial score (nSPS) is 11.7. The van der Waals surface area contributed by atoms with Gasteiger partial charge in [0.1, 0.15) is 29.5 Å². The summed E-state index contributed by atoms with van der Waals surface area (Å²) in [5.74, 6) is 0.438.